The summed E-state index contributed by atoms with van der Waals surface area (Å²) in [5.41, 5.74) is 0.436. The molecule has 1 amide bonds. The Hall–Kier alpha value is -1.67. The smallest absolute Gasteiger partial charge is 0.328 e. The Labute approximate surface area is 164 Å². The van der Waals surface area contributed by atoms with Crippen LogP contribution in [-0.4, -0.2) is 52.6 Å². The maximum atomic E-state index is 12.8. The SMILES string of the molecule is COC(=O)[C@@H]1CCCN1C(=O)CC(SC(C)=O)C(=O)c1ccc(Br)cc1. The number of rotatable bonds is 6. The number of ketones is 1. The minimum atomic E-state index is -0.819. The van der Waals surface area contributed by atoms with Crippen LogP contribution in [0.4, 0.5) is 0 Å². The molecule has 0 aromatic heterocycles. The average molecular weight is 442 g/mol. The van der Waals surface area contributed by atoms with Crippen LogP contribution in [0.5, 0.6) is 0 Å². The third kappa shape index (κ3) is 5.17. The van der Waals surface area contributed by atoms with Gasteiger partial charge in [0.2, 0.25) is 5.91 Å². The zero-order valence-corrected chi connectivity index (χ0v) is 17.0. The van der Waals surface area contributed by atoms with E-state index in [1.54, 1.807) is 24.3 Å². The number of carbonyl (C=O) groups is 4. The first-order valence-corrected chi connectivity index (χ1v) is 9.85. The van der Waals surface area contributed by atoms with Gasteiger partial charge in [-0.05, 0) is 25.0 Å². The van der Waals surface area contributed by atoms with E-state index in [-0.39, 0.29) is 23.2 Å². The van der Waals surface area contributed by atoms with Crippen LogP contribution >= 0.6 is 27.7 Å². The molecule has 6 nitrogen and oxygen atoms in total. The monoisotopic (exact) mass is 441 g/mol. The lowest BCUT2D eigenvalue weighted by atomic mass is 10.1. The van der Waals surface area contributed by atoms with Gasteiger partial charge in [0, 0.05) is 29.9 Å². The van der Waals surface area contributed by atoms with Crippen molar-refractivity contribution in [3.63, 3.8) is 0 Å². The molecule has 140 valence electrons. The molecule has 1 heterocycles. The number of carbonyl (C=O) groups excluding carboxylic acids is 4. The lowest BCUT2D eigenvalue weighted by molar-refractivity contribution is -0.150. The number of hydrogen-bond acceptors (Lipinski definition) is 6. The summed E-state index contributed by atoms with van der Waals surface area (Å²) >= 11 is 4.15. The van der Waals surface area contributed by atoms with Gasteiger partial charge in [-0.2, -0.15) is 0 Å². The van der Waals surface area contributed by atoms with E-state index in [0.717, 1.165) is 16.2 Å². The van der Waals surface area contributed by atoms with Crippen molar-refractivity contribution < 1.29 is 23.9 Å². The number of esters is 1. The molecule has 8 heteroatoms. The van der Waals surface area contributed by atoms with Gasteiger partial charge in [0.05, 0.1) is 12.4 Å². The lowest BCUT2D eigenvalue weighted by Crippen LogP contribution is -2.42. The predicted molar refractivity (Wildman–Crippen MR) is 102 cm³/mol. The molecule has 1 unspecified atom stereocenters. The van der Waals surface area contributed by atoms with E-state index < -0.39 is 17.3 Å². The molecule has 0 spiro atoms. The second kappa shape index (κ2) is 9.32. The van der Waals surface area contributed by atoms with Gasteiger partial charge < -0.3 is 9.64 Å². The first-order valence-electron chi connectivity index (χ1n) is 8.17. The number of ether oxygens (including phenoxy) is 1. The standard InChI is InChI=1S/C18H20BrNO5S/c1-11(21)26-15(17(23)12-5-7-13(19)8-6-12)10-16(22)20-9-3-4-14(20)18(24)25-2/h5-8,14-15H,3-4,9-10H2,1-2H3/t14-,15?/m0/s1. The van der Waals surface area contributed by atoms with Gasteiger partial charge in [0.25, 0.3) is 0 Å². The summed E-state index contributed by atoms with van der Waals surface area (Å²) in [6.45, 7) is 1.81. The third-order valence-corrected chi connectivity index (χ3v) is 5.66. The van der Waals surface area contributed by atoms with Crippen molar-refractivity contribution >= 4 is 50.5 Å². The Balaban J connectivity index is 2.15. The minimum absolute atomic E-state index is 0.132. The zero-order valence-electron chi connectivity index (χ0n) is 14.6. The van der Waals surface area contributed by atoms with Crippen LogP contribution in [-0.2, 0) is 19.1 Å². The number of likely N-dealkylation sites (tertiary alicyclic amines) is 1. The minimum Gasteiger partial charge on any atom is -0.467 e. The molecule has 0 radical (unpaired) electrons. The number of thioether (sulfide) groups is 1. The Morgan fingerprint density at radius 1 is 1.27 bits per heavy atom. The summed E-state index contributed by atoms with van der Waals surface area (Å²) < 4.78 is 5.58. The van der Waals surface area contributed by atoms with E-state index in [9.17, 15) is 19.2 Å². The molecular formula is C18H20BrNO5S. The quantitative estimate of drug-likeness (QED) is 0.498. The third-order valence-electron chi connectivity index (χ3n) is 4.14. The number of nitrogens with zero attached hydrogens (tertiary/aromatic N) is 1. The largest absolute Gasteiger partial charge is 0.467 e. The molecule has 1 aromatic carbocycles. The van der Waals surface area contributed by atoms with E-state index in [1.807, 2.05) is 0 Å². The predicted octanol–water partition coefficient (Wildman–Crippen LogP) is 2.83. The number of methoxy groups -OCH3 is 1. The van der Waals surface area contributed by atoms with E-state index in [2.05, 4.69) is 15.9 Å². The molecule has 1 aliphatic heterocycles. The Morgan fingerprint density at radius 3 is 2.50 bits per heavy atom. The van der Waals surface area contributed by atoms with Crippen LogP contribution in [0.15, 0.2) is 28.7 Å². The van der Waals surface area contributed by atoms with Crippen LogP contribution in [0.1, 0.15) is 36.5 Å². The summed E-state index contributed by atoms with van der Waals surface area (Å²) in [7, 11) is 1.29. The van der Waals surface area contributed by atoms with Crippen molar-refractivity contribution in [2.24, 2.45) is 0 Å². The molecule has 26 heavy (non-hydrogen) atoms. The molecule has 0 saturated carbocycles. The molecule has 2 rings (SSSR count). The first-order chi connectivity index (χ1) is 12.3. The van der Waals surface area contributed by atoms with Crippen molar-refractivity contribution in [3.05, 3.63) is 34.3 Å². The van der Waals surface area contributed by atoms with Gasteiger partial charge in [-0.15, -0.1) is 0 Å². The molecule has 0 aliphatic carbocycles. The molecule has 1 saturated heterocycles. The number of halogens is 1. The van der Waals surface area contributed by atoms with Crippen molar-refractivity contribution in [3.8, 4) is 0 Å². The topological polar surface area (TPSA) is 80.8 Å². The van der Waals surface area contributed by atoms with Gasteiger partial charge in [0.15, 0.2) is 10.9 Å². The number of Topliss-reactive ketones (excluding diaryl/α,β-unsaturated/α-hetero) is 1. The highest BCUT2D eigenvalue weighted by molar-refractivity contribution is 9.10. The fourth-order valence-electron chi connectivity index (χ4n) is 2.91. The summed E-state index contributed by atoms with van der Waals surface area (Å²) in [5.74, 6) is -1.05. The van der Waals surface area contributed by atoms with E-state index in [4.69, 9.17) is 4.74 Å². The highest BCUT2D eigenvalue weighted by atomic mass is 79.9. The van der Waals surface area contributed by atoms with E-state index >= 15 is 0 Å². The maximum absolute atomic E-state index is 12.8. The molecule has 0 N–H and O–H groups in total. The second-order valence-corrected chi connectivity index (χ2v) is 8.24. The van der Waals surface area contributed by atoms with Crippen molar-refractivity contribution in [1.82, 2.24) is 4.90 Å². The van der Waals surface area contributed by atoms with Crippen molar-refractivity contribution in [2.75, 3.05) is 13.7 Å². The Bertz CT molecular complexity index is 706. The molecule has 1 aliphatic rings. The summed E-state index contributed by atoms with van der Waals surface area (Å²) in [5, 5.41) is -1.06. The normalized spacial score (nSPS) is 17.7. The van der Waals surface area contributed by atoms with Crippen LogP contribution < -0.4 is 0 Å². The fourth-order valence-corrected chi connectivity index (χ4v) is 4.04. The average Bonchev–Trinajstić information content (AvgIpc) is 3.10. The number of benzene rings is 1. The zero-order chi connectivity index (χ0) is 19.3. The van der Waals surface area contributed by atoms with Crippen LogP contribution in [0.3, 0.4) is 0 Å². The lowest BCUT2D eigenvalue weighted by Gasteiger charge is -2.24. The molecule has 2 atom stereocenters. The van der Waals surface area contributed by atoms with Crippen LogP contribution in [0, 0.1) is 0 Å². The Kier molecular flexibility index (Phi) is 7.40. The van der Waals surface area contributed by atoms with Crippen LogP contribution in [0.2, 0.25) is 0 Å². The van der Waals surface area contributed by atoms with Gasteiger partial charge in [-0.25, -0.2) is 4.79 Å². The molecule has 1 aromatic rings. The molecule has 1 fully saturated rings. The van der Waals surface area contributed by atoms with Gasteiger partial charge in [0.1, 0.15) is 6.04 Å². The molecular weight excluding hydrogens is 422 g/mol. The summed E-state index contributed by atoms with van der Waals surface area (Å²) in [4.78, 5) is 50.3. The second-order valence-electron chi connectivity index (χ2n) is 5.94. The highest BCUT2D eigenvalue weighted by Gasteiger charge is 2.37. The summed E-state index contributed by atoms with van der Waals surface area (Å²) in [6.07, 6.45) is 1.12. The first kappa shape index (κ1) is 20.6. The van der Waals surface area contributed by atoms with E-state index in [1.165, 1.54) is 18.9 Å². The van der Waals surface area contributed by atoms with Crippen LogP contribution in [0.25, 0.3) is 0 Å². The number of amides is 1. The Morgan fingerprint density at radius 2 is 1.92 bits per heavy atom. The molecule has 0 bridgehead atoms. The van der Waals surface area contributed by atoms with Gasteiger partial charge in [-0.3, -0.25) is 14.4 Å². The van der Waals surface area contributed by atoms with Gasteiger partial charge in [-0.1, -0.05) is 39.8 Å². The van der Waals surface area contributed by atoms with Gasteiger partial charge >= 0.3 is 5.97 Å². The van der Waals surface area contributed by atoms with E-state index in [0.29, 0.717) is 24.9 Å². The van der Waals surface area contributed by atoms with Crippen molar-refractivity contribution in [1.29, 1.82) is 0 Å². The fraction of sp³-hybridized carbons (Fsp3) is 0.444. The highest BCUT2D eigenvalue weighted by Crippen LogP contribution is 2.26. The van der Waals surface area contributed by atoms with Crippen molar-refractivity contribution in [2.45, 2.75) is 37.5 Å². The number of hydrogen-bond donors (Lipinski definition) is 0. The summed E-state index contributed by atoms with van der Waals surface area (Å²) in [6, 6.07) is 6.16. The maximum Gasteiger partial charge on any atom is 0.328 e.